The van der Waals surface area contributed by atoms with Crippen molar-refractivity contribution in [2.24, 2.45) is 10.7 Å². The van der Waals surface area contributed by atoms with Gasteiger partial charge in [0.05, 0.1) is 23.4 Å². The van der Waals surface area contributed by atoms with Crippen LogP contribution in [0, 0.1) is 23.0 Å². The fraction of sp³-hybridized carbons (Fsp3) is 0.263. The molecule has 1 amide bonds. The molecule has 0 bridgehead atoms. The number of nitrogens with one attached hydrogen (secondary N) is 1. The second kappa shape index (κ2) is 6.77. The van der Waals surface area contributed by atoms with Gasteiger partial charge in [0.2, 0.25) is 0 Å². The van der Waals surface area contributed by atoms with Crippen molar-refractivity contribution in [2.45, 2.75) is 18.3 Å². The van der Waals surface area contributed by atoms with Crippen molar-refractivity contribution in [1.29, 1.82) is 5.26 Å². The van der Waals surface area contributed by atoms with Crippen molar-refractivity contribution in [3.05, 3.63) is 58.9 Å². The summed E-state index contributed by atoms with van der Waals surface area (Å²) in [5, 5.41) is 11.5. The molecule has 1 fully saturated rings. The minimum atomic E-state index is -1.72. The summed E-state index contributed by atoms with van der Waals surface area (Å²) >= 11 is 0. The van der Waals surface area contributed by atoms with Crippen LogP contribution in [0.5, 0.6) is 0 Å². The molecule has 0 aliphatic carbocycles. The highest BCUT2D eigenvalue weighted by Gasteiger charge is 2.48. The Kier molecular flexibility index (Phi) is 4.38. The maximum absolute atomic E-state index is 15.2. The predicted molar refractivity (Wildman–Crippen MR) is 97.8 cm³/mol. The standard InChI is InChI=1S/C19H15F3N6O/c20-12-3-4-13(21)16-15(12)17(24)27-19(26-16)5-6-28(9-14(19)22)18(29)10-1-2-11(7-23)25-8-10/h1-4,8,14,26H,5-6,9H2,(H2,24,27)/t14-,19+/m0/s1. The van der Waals surface area contributed by atoms with Crippen molar-refractivity contribution in [1.82, 2.24) is 9.88 Å². The number of rotatable bonds is 1. The molecule has 1 aromatic heterocycles. The number of aliphatic imine (C=N–C) groups is 1. The summed E-state index contributed by atoms with van der Waals surface area (Å²) in [7, 11) is 0. The summed E-state index contributed by atoms with van der Waals surface area (Å²) in [6.45, 7) is -0.218. The number of hydrogen-bond donors (Lipinski definition) is 2. The fourth-order valence-corrected chi connectivity index (χ4v) is 3.56. The van der Waals surface area contributed by atoms with Crippen LogP contribution in [0.1, 0.15) is 28.0 Å². The van der Waals surface area contributed by atoms with Gasteiger partial charge in [0.15, 0.2) is 11.8 Å². The molecule has 1 saturated heterocycles. The van der Waals surface area contributed by atoms with Crippen LogP contribution in [0.4, 0.5) is 18.9 Å². The van der Waals surface area contributed by atoms with Gasteiger partial charge in [-0.25, -0.2) is 23.1 Å². The lowest BCUT2D eigenvalue weighted by Gasteiger charge is -2.44. The lowest BCUT2D eigenvalue weighted by atomic mass is 9.91. The number of carbonyl (C=O) groups excluding carboxylic acids is 1. The smallest absolute Gasteiger partial charge is 0.255 e. The van der Waals surface area contributed by atoms with Gasteiger partial charge in [-0.1, -0.05) is 0 Å². The third-order valence-electron chi connectivity index (χ3n) is 5.10. The molecule has 148 valence electrons. The van der Waals surface area contributed by atoms with Crippen LogP contribution < -0.4 is 11.1 Å². The highest BCUT2D eigenvalue weighted by atomic mass is 19.1. The Hall–Kier alpha value is -3.61. The van der Waals surface area contributed by atoms with Crippen LogP contribution in [0.2, 0.25) is 0 Å². The van der Waals surface area contributed by atoms with E-state index in [4.69, 9.17) is 11.0 Å². The first-order chi connectivity index (χ1) is 13.8. The van der Waals surface area contributed by atoms with E-state index in [1.165, 1.54) is 23.2 Å². The second-order valence-corrected chi connectivity index (χ2v) is 6.84. The summed E-state index contributed by atoms with van der Waals surface area (Å²) in [6, 6.07) is 6.54. The fourth-order valence-electron chi connectivity index (χ4n) is 3.56. The molecule has 0 unspecified atom stereocenters. The van der Waals surface area contributed by atoms with Gasteiger partial charge in [0.25, 0.3) is 5.91 Å². The van der Waals surface area contributed by atoms with E-state index in [2.05, 4.69) is 15.3 Å². The van der Waals surface area contributed by atoms with Crippen LogP contribution in [0.25, 0.3) is 0 Å². The molecule has 0 saturated carbocycles. The Balaban J connectivity index is 1.58. The molecular weight excluding hydrogens is 385 g/mol. The normalized spacial score (nSPS) is 23.0. The summed E-state index contributed by atoms with van der Waals surface area (Å²) in [5.41, 5.74) is 4.13. The van der Waals surface area contributed by atoms with Crippen molar-refractivity contribution < 1.29 is 18.0 Å². The minimum Gasteiger partial charge on any atom is -0.383 e. The Morgan fingerprint density at radius 3 is 2.72 bits per heavy atom. The lowest BCUT2D eigenvalue weighted by Crippen LogP contribution is -2.60. The largest absolute Gasteiger partial charge is 0.383 e. The van der Waals surface area contributed by atoms with Gasteiger partial charge in [-0.15, -0.1) is 0 Å². The number of piperidine rings is 1. The van der Waals surface area contributed by atoms with E-state index in [9.17, 15) is 13.6 Å². The predicted octanol–water partition coefficient (Wildman–Crippen LogP) is 1.94. The molecule has 1 spiro atoms. The highest BCUT2D eigenvalue weighted by Crippen LogP contribution is 2.38. The molecule has 3 N–H and O–H groups in total. The third-order valence-corrected chi connectivity index (χ3v) is 5.10. The number of benzene rings is 1. The number of carbonyl (C=O) groups is 1. The zero-order valence-electron chi connectivity index (χ0n) is 15.0. The first-order valence-electron chi connectivity index (χ1n) is 8.76. The first-order valence-corrected chi connectivity index (χ1v) is 8.76. The SMILES string of the molecule is N#Cc1ccc(C(=O)N2CC[C@@]3(N=C(N)c4c(F)ccc(F)c4N3)[C@@H](F)C2)cn1. The van der Waals surface area contributed by atoms with Crippen LogP contribution in [0.3, 0.4) is 0 Å². The van der Waals surface area contributed by atoms with Crippen molar-refractivity contribution >= 4 is 17.4 Å². The average molecular weight is 400 g/mol. The van der Waals surface area contributed by atoms with E-state index in [-0.39, 0.29) is 47.9 Å². The van der Waals surface area contributed by atoms with E-state index < -0.39 is 29.4 Å². The minimum absolute atomic E-state index is 0.000290. The Morgan fingerprint density at radius 2 is 2.07 bits per heavy atom. The van der Waals surface area contributed by atoms with Gasteiger partial charge in [0.1, 0.15) is 29.2 Å². The van der Waals surface area contributed by atoms with Gasteiger partial charge in [-0.3, -0.25) is 4.79 Å². The highest BCUT2D eigenvalue weighted by molar-refractivity contribution is 6.04. The number of alkyl halides is 1. The second-order valence-electron chi connectivity index (χ2n) is 6.84. The summed E-state index contributed by atoms with van der Waals surface area (Å²) in [6.07, 6.45) is -0.470. The molecule has 2 atom stereocenters. The molecule has 1 aromatic carbocycles. The lowest BCUT2D eigenvalue weighted by molar-refractivity contribution is 0.0493. The maximum Gasteiger partial charge on any atom is 0.255 e. The number of amidine groups is 1. The van der Waals surface area contributed by atoms with E-state index in [1.807, 2.05) is 6.07 Å². The quantitative estimate of drug-likeness (QED) is 0.761. The first kappa shape index (κ1) is 18.7. The van der Waals surface area contributed by atoms with Crippen LogP contribution in [-0.2, 0) is 0 Å². The Bertz CT molecular complexity index is 1060. The number of amides is 1. The molecule has 29 heavy (non-hydrogen) atoms. The topological polar surface area (TPSA) is 107 Å². The van der Waals surface area contributed by atoms with Crippen molar-refractivity contribution in [2.75, 3.05) is 18.4 Å². The van der Waals surface area contributed by atoms with Gasteiger partial charge < -0.3 is 16.0 Å². The number of nitrogens with two attached hydrogens (primary N) is 1. The maximum atomic E-state index is 15.2. The van der Waals surface area contributed by atoms with Crippen LogP contribution >= 0.6 is 0 Å². The van der Waals surface area contributed by atoms with Crippen LogP contribution in [0.15, 0.2) is 35.5 Å². The molecule has 7 nitrogen and oxygen atoms in total. The number of aromatic nitrogens is 1. The van der Waals surface area contributed by atoms with Crippen LogP contribution in [-0.4, -0.2) is 46.6 Å². The van der Waals surface area contributed by atoms with Gasteiger partial charge in [-0.05, 0) is 24.3 Å². The number of fused-ring (bicyclic) bond motifs is 1. The Morgan fingerprint density at radius 1 is 1.31 bits per heavy atom. The number of anilines is 1. The molecule has 0 radical (unpaired) electrons. The number of pyridine rings is 1. The summed E-state index contributed by atoms with van der Waals surface area (Å²) < 4.78 is 43.4. The molecule has 4 rings (SSSR count). The summed E-state index contributed by atoms with van der Waals surface area (Å²) in [5.74, 6) is -2.28. The molecule has 3 heterocycles. The zero-order chi connectivity index (χ0) is 20.8. The van der Waals surface area contributed by atoms with Gasteiger partial charge >= 0.3 is 0 Å². The number of nitriles is 1. The average Bonchev–Trinajstić information content (AvgIpc) is 2.72. The Labute approximate surface area is 163 Å². The number of likely N-dealkylation sites (tertiary alicyclic amines) is 1. The third kappa shape index (κ3) is 3.04. The van der Waals surface area contributed by atoms with Gasteiger partial charge in [-0.2, -0.15) is 5.26 Å². The van der Waals surface area contributed by atoms with E-state index >= 15 is 4.39 Å². The number of nitrogens with zero attached hydrogens (tertiary/aromatic N) is 4. The summed E-state index contributed by atoms with van der Waals surface area (Å²) in [4.78, 5) is 21.8. The van der Waals surface area contributed by atoms with Crippen molar-refractivity contribution in [3.63, 3.8) is 0 Å². The van der Waals surface area contributed by atoms with E-state index in [0.717, 1.165) is 12.1 Å². The molecule has 2 aliphatic rings. The number of halogens is 3. The molecule has 2 aliphatic heterocycles. The molecule has 2 aromatic rings. The van der Waals surface area contributed by atoms with Gasteiger partial charge in [0, 0.05) is 19.2 Å². The van der Waals surface area contributed by atoms with E-state index in [1.54, 1.807) is 0 Å². The molecular formula is C19H15F3N6O. The zero-order valence-corrected chi connectivity index (χ0v) is 15.0. The molecule has 10 heteroatoms. The monoisotopic (exact) mass is 400 g/mol. The van der Waals surface area contributed by atoms with E-state index in [0.29, 0.717) is 0 Å². The van der Waals surface area contributed by atoms with Crippen molar-refractivity contribution in [3.8, 4) is 6.07 Å². The number of hydrogen-bond acceptors (Lipinski definition) is 6.